The molecule has 0 fully saturated rings. The van der Waals surface area contributed by atoms with Crippen molar-refractivity contribution in [1.82, 2.24) is 4.98 Å². The molecule has 0 bridgehead atoms. The molecule has 1 heterocycles. The Morgan fingerprint density at radius 2 is 2.33 bits per heavy atom. The van der Waals surface area contributed by atoms with Gasteiger partial charge in [-0.3, -0.25) is 4.79 Å². The SMILES string of the molecule is Cc1ncsc1CCOc1c(Br)cccc1C=O. The molecule has 94 valence electrons. The maximum Gasteiger partial charge on any atom is 0.153 e. The van der Waals surface area contributed by atoms with E-state index >= 15 is 0 Å². The van der Waals surface area contributed by atoms with Gasteiger partial charge in [-0.05, 0) is 35.0 Å². The maximum atomic E-state index is 10.9. The molecule has 3 nitrogen and oxygen atoms in total. The summed E-state index contributed by atoms with van der Waals surface area (Å²) >= 11 is 5.01. The van der Waals surface area contributed by atoms with Crippen LogP contribution in [0.3, 0.4) is 0 Å². The van der Waals surface area contributed by atoms with Gasteiger partial charge in [0.05, 0.1) is 27.8 Å². The van der Waals surface area contributed by atoms with E-state index in [4.69, 9.17) is 4.74 Å². The van der Waals surface area contributed by atoms with Gasteiger partial charge < -0.3 is 4.74 Å². The summed E-state index contributed by atoms with van der Waals surface area (Å²) in [6, 6.07) is 5.42. The smallest absolute Gasteiger partial charge is 0.153 e. The van der Waals surface area contributed by atoms with Crippen LogP contribution in [-0.2, 0) is 6.42 Å². The number of halogens is 1. The number of rotatable bonds is 5. The summed E-state index contributed by atoms with van der Waals surface area (Å²) in [4.78, 5) is 16.3. The Morgan fingerprint density at radius 3 is 3.00 bits per heavy atom. The molecule has 0 spiro atoms. The average Bonchev–Trinajstić information content (AvgIpc) is 2.77. The number of carbonyl (C=O) groups is 1. The highest BCUT2D eigenvalue weighted by Gasteiger charge is 2.08. The van der Waals surface area contributed by atoms with Crippen molar-refractivity contribution in [1.29, 1.82) is 0 Å². The average molecular weight is 326 g/mol. The minimum absolute atomic E-state index is 0.534. The van der Waals surface area contributed by atoms with Crippen molar-refractivity contribution in [2.45, 2.75) is 13.3 Å². The van der Waals surface area contributed by atoms with E-state index < -0.39 is 0 Å². The Labute approximate surface area is 118 Å². The molecule has 2 rings (SSSR count). The summed E-state index contributed by atoms with van der Waals surface area (Å²) in [5.74, 6) is 0.606. The summed E-state index contributed by atoms with van der Waals surface area (Å²) in [7, 11) is 0. The zero-order chi connectivity index (χ0) is 13.0. The van der Waals surface area contributed by atoms with Crippen LogP contribution < -0.4 is 4.74 Å². The molecule has 0 N–H and O–H groups in total. The van der Waals surface area contributed by atoms with Gasteiger partial charge >= 0.3 is 0 Å². The lowest BCUT2D eigenvalue weighted by Gasteiger charge is -2.09. The molecule has 2 aromatic rings. The van der Waals surface area contributed by atoms with Crippen LogP contribution in [0.25, 0.3) is 0 Å². The first-order valence-corrected chi connectivity index (χ1v) is 7.15. The second-order valence-corrected chi connectivity index (χ2v) is 5.53. The summed E-state index contributed by atoms with van der Waals surface area (Å²) in [5.41, 5.74) is 3.44. The standard InChI is InChI=1S/C13H12BrNO2S/c1-9-12(18-8-15-9)5-6-17-13-10(7-16)3-2-4-11(13)14/h2-4,7-8H,5-6H2,1H3. The van der Waals surface area contributed by atoms with Gasteiger partial charge in [-0.15, -0.1) is 11.3 Å². The number of hydrogen-bond donors (Lipinski definition) is 0. The van der Waals surface area contributed by atoms with Crippen molar-refractivity contribution in [3.8, 4) is 5.75 Å². The van der Waals surface area contributed by atoms with Gasteiger partial charge in [0.2, 0.25) is 0 Å². The van der Waals surface area contributed by atoms with Gasteiger partial charge in [0.15, 0.2) is 6.29 Å². The van der Waals surface area contributed by atoms with E-state index in [2.05, 4.69) is 20.9 Å². The van der Waals surface area contributed by atoms with Crippen LogP contribution in [0.4, 0.5) is 0 Å². The molecule has 1 aromatic carbocycles. The van der Waals surface area contributed by atoms with Crippen LogP contribution in [0.5, 0.6) is 5.75 Å². The number of aryl methyl sites for hydroxylation is 1. The lowest BCUT2D eigenvalue weighted by atomic mass is 10.2. The number of para-hydroxylation sites is 1. The highest BCUT2D eigenvalue weighted by Crippen LogP contribution is 2.28. The summed E-state index contributed by atoms with van der Waals surface area (Å²) in [6.07, 6.45) is 1.61. The molecular formula is C13H12BrNO2S. The quantitative estimate of drug-likeness (QED) is 0.788. The molecule has 0 aliphatic carbocycles. The van der Waals surface area contributed by atoms with Gasteiger partial charge in [-0.1, -0.05) is 6.07 Å². The number of aldehydes is 1. The second kappa shape index (κ2) is 6.11. The van der Waals surface area contributed by atoms with E-state index in [-0.39, 0.29) is 0 Å². The number of ether oxygens (including phenoxy) is 1. The highest BCUT2D eigenvalue weighted by atomic mass is 79.9. The number of hydrogen-bond acceptors (Lipinski definition) is 4. The Morgan fingerprint density at radius 1 is 1.50 bits per heavy atom. The number of benzene rings is 1. The first-order valence-electron chi connectivity index (χ1n) is 5.48. The molecule has 0 radical (unpaired) electrons. The van der Waals surface area contributed by atoms with Crippen molar-refractivity contribution in [2.75, 3.05) is 6.61 Å². The van der Waals surface area contributed by atoms with Crippen LogP contribution in [-0.4, -0.2) is 17.9 Å². The van der Waals surface area contributed by atoms with Crippen LogP contribution >= 0.6 is 27.3 Å². The van der Waals surface area contributed by atoms with Crippen molar-refractivity contribution in [3.05, 3.63) is 44.3 Å². The van der Waals surface area contributed by atoms with Crippen molar-refractivity contribution in [2.24, 2.45) is 0 Å². The van der Waals surface area contributed by atoms with Crippen LogP contribution in [0.1, 0.15) is 20.9 Å². The molecule has 0 unspecified atom stereocenters. The maximum absolute atomic E-state index is 10.9. The van der Waals surface area contributed by atoms with Gasteiger partial charge in [-0.25, -0.2) is 4.98 Å². The van der Waals surface area contributed by atoms with Crippen molar-refractivity contribution >= 4 is 33.6 Å². The van der Waals surface area contributed by atoms with E-state index in [0.717, 1.165) is 22.9 Å². The molecule has 0 amide bonds. The Kier molecular flexibility index (Phi) is 4.49. The predicted molar refractivity (Wildman–Crippen MR) is 75.6 cm³/mol. The lowest BCUT2D eigenvalue weighted by Crippen LogP contribution is -2.03. The third-order valence-corrected chi connectivity index (χ3v) is 4.16. The molecule has 5 heteroatoms. The number of aromatic nitrogens is 1. The topological polar surface area (TPSA) is 39.2 Å². The fourth-order valence-corrected chi connectivity index (χ4v) is 2.84. The first kappa shape index (κ1) is 13.2. The van der Waals surface area contributed by atoms with E-state index in [0.29, 0.717) is 17.9 Å². The minimum atomic E-state index is 0.534. The van der Waals surface area contributed by atoms with Crippen LogP contribution in [0, 0.1) is 6.92 Å². The summed E-state index contributed by atoms with van der Waals surface area (Å²) in [5, 5.41) is 0. The molecule has 0 saturated carbocycles. The second-order valence-electron chi connectivity index (χ2n) is 3.74. The third kappa shape index (κ3) is 2.97. The molecular weight excluding hydrogens is 314 g/mol. The molecule has 18 heavy (non-hydrogen) atoms. The summed E-state index contributed by atoms with van der Waals surface area (Å²) in [6.45, 7) is 2.52. The molecule has 0 aliphatic rings. The molecule has 0 saturated heterocycles. The highest BCUT2D eigenvalue weighted by molar-refractivity contribution is 9.10. The Bertz CT molecular complexity index is 554. The van der Waals surface area contributed by atoms with E-state index in [9.17, 15) is 4.79 Å². The van der Waals surface area contributed by atoms with Crippen molar-refractivity contribution in [3.63, 3.8) is 0 Å². The first-order chi connectivity index (χ1) is 8.72. The van der Waals surface area contributed by atoms with Gasteiger partial charge in [0.1, 0.15) is 5.75 Å². The fraction of sp³-hybridized carbons (Fsp3) is 0.231. The molecule has 0 atom stereocenters. The minimum Gasteiger partial charge on any atom is -0.491 e. The zero-order valence-electron chi connectivity index (χ0n) is 9.85. The third-order valence-electron chi connectivity index (χ3n) is 2.54. The molecule has 1 aromatic heterocycles. The van der Waals surface area contributed by atoms with Gasteiger partial charge in [0, 0.05) is 11.3 Å². The van der Waals surface area contributed by atoms with Gasteiger partial charge in [-0.2, -0.15) is 0 Å². The van der Waals surface area contributed by atoms with Crippen LogP contribution in [0.2, 0.25) is 0 Å². The van der Waals surface area contributed by atoms with Crippen LogP contribution in [0.15, 0.2) is 28.2 Å². The van der Waals surface area contributed by atoms with E-state index in [1.54, 1.807) is 17.4 Å². The normalized spacial score (nSPS) is 10.3. The largest absolute Gasteiger partial charge is 0.491 e. The monoisotopic (exact) mass is 325 g/mol. The van der Waals surface area contributed by atoms with Gasteiger partial charge in [0.25, 0.3) is 0 Å². The Hall–Kier alpha value is -1.20. The fourth-order valence-electron chi connectivity index (χ4n) is 1.58. The number of nitrogens with zero attached hydrogens (tertiary/aromatic N) is 1. The van der Waals surface area contributed by atoms with Crippen molar-refractivity contribution < 1.29 is 9.53 Å². The number of thiazole rings is 1. The Balaban J connectivity index is 2.02. The lowest BCUT2D eigenvalue weighted by molar-refractivity contribution is 0.111. The van der Waals surface area contributed by atoms with E-state index in [1.807, 2.05) is 24.6 Å². The molecule has 0 aliphatic heterocycles. The predicted octanol–water partition coefficient (Wildman–Crippen LogP) is 3.65. The van der Waals surface area contributed by atoms with E-state index in [1.165, 1.54) is 4.88 Å². The summed E-state index contributed by atoms with van der Waals surface area (Å²) < 4.78 is 6.49. The zero-order valence-corrected chi connectivity index (χ0v) is 12.3. The number of carbonyl (C=O) groups excluding carboxylic acids is 1.